The molecule has 2 aromatic carbocycles. The van der Waals surface area contributed by atoms with Crippen LogP contribution >= 0.6 is 0 Å². The predicted octanol–water partition coefficient (Wildman–Crippen LogP) is 2.72. The van der Waals surface area contributed by atoms with Gasteiger partial charge in [-0.05, 0) is 86.8 Å². The molecule has 0 aliphatic carbocycles. The molecule has 0 aromatic heterocycles. The van der Waals surface area contributed by atoms with Gasteiger partial charge in [0.25, 0.3) is 0 Å². The van der Waals surface area contributed by atoms with Crippen molar-refractivity contribution in [1.29, 1.82) is 0 Å². The van der Waals surface area contributed by atoms with Crippen molar-refractivity contribution in [3.05, 3.63) is 57.6 Å². The van der Waals surface area contributed by atoms with Gasteiger partial charge in [-0.3, -0.25) is 9.79 Å². The number of carbonyl (C=O) groups excluding carboxylic acids is 2. The van der Waals surface area contributed by atoms with E-state index in [1.165, 1.54) is 0 Å². The first-order valence-electron chi connectivity index (χ1n) is 13.0. The third-order valence-corrected chi connectivity index (χ3v) is 6.84. The van der Waals surface area contributed by atoms with Crippen LogP contribution in [0.1, 0.15) is 65.5 Å². The Morgan fingerprint density at radius 2 is 1.42 bits per heavy atom. The monoisotopic (exact) mass is 525 g/mol. The van der Waals surface area contributed by atoms with Crippen LogP contribution in [-0.2, 0) is 22.4 Å². The second kappa shape index (κ2) is 13.8. The Morgan fingerprint density at radius 1 is 0.921 bits per heavy atom. The maximum atomic E-state index is 13.6. The van der Waals surface area contributed by atoms with Crippen molar-refractivity contribution in [1.82, 2.24) is 5.32 Å². The van der Waals surface area contributed by atoms with Crippen LogP contribution in [0, 0.1) is 27.7 Å². The van der Waals surface area contributed by atoms with Crippen molar-refractivity contribution in [2.24, 2.45) is 22.2 Å². The Bertz CT molecular complexity index is 1110. The summed E-state index contributed by atoms with van der Waals surface area (Å²) >= 11 is 0. The highest BCUT2D eigenvalue weighted by atomic mass is 16.3. The summed E-state index contributed by atoms with van der Waals surface area (Å²) in [5.41, 5.74) is 20.8. The van der Waals surface area contributed by atoms with Crippen LogP contribution in [-0.4, -0.2) is 46.5 Å². The van der Waals surface area contributed by atoms with Gasteiger partial charge in [-0.2, -0.15) is 0 Å². The molecule has 0 radical (unpaired) electrons. The number of aromatic hydroxyl groups is 2. The highest BCUT2D eigenvalue weighted by Crippen LogP contribution is 2.27. The molecule has 0 aliphatic heterocycles. The quantitative estimate of drug-likeness (QED) is 0.0950. The number of phenolic OH excluding ortho intramolecular Hbond substituents is 2. The van der Waals surface area contributed by atoms with Gasteiger partial charge >= 0.3 is 0 Å². The number of nitrogens with zero attached hydrogens (tertiary/aromatic N) is 1. The predicted molar refractivity (Wildman–Crippen MR) is 151 cm³/mol. The molecule has 1 amide bonds. The lowest BCUT2D eigenvalue weighted by Gasteiger charge is -2.30. The minimum atomic E-state index is -1.25. The van der Waals surface area contributed by atoms with Gasteiger partial charge in [0, 0.05) is 6.54 Å². The average molecular weight is 526 g/mol. The van der Waals surface area contributed by atoms with Crippen molar-refractivity contribution in [2.75, 3.05) is 6.54 Å². The van der Waals surface area contributed by atoms with Gasteiger partial charge in [-0.1, -0.05) is 43.5 Å². The van der Waals surface area contributed by atoms with E-state index < -0.39 is 17.5 Å². The second-order valence-corrected chi connectivity index (χ2v) is 10.4. The van der Waals surface area contributed by atoms with Crippen molar-refractivity contribution in [2.45, 2.75) is 84.2 Å². The molecule has 0 aliphatic rings. The highest BCUT2D eigenvalue weighted by Gasteiger charge is 2.35. The molecule has 0 unspecified atom stereocenters. The molecule has 9 nitrogen and oxygen atoms in total. The lowest BCUT2D eigenvalue weighted by molar-refractivity contribution is -0.129. The highest BCUT2D eigenvalue weighted by molar-refractivity contribution is 5.88. The fraction of sp³-hybridized carbons (Fsp3) is 0.483. The maximum Gasteiger partial charge on any atom is 0.241 e. The molecule has 2 rings (SSSR count). The third kappa shape index (κ3) is 8.76. The minimum Gasteiger partial charge on any atom is -0.507 e. The third-order valence-electron chi connectivity index (χ3n) is 6.84. The van der Waals surface area contributed by atoms with Gasteiger partial charge < -0.3 is 37.5 Å². The molecule has 208 valence electrons. The number of guanidine groups is 1. The number of aryl methyl sites for hydroxylation is 4. The molecule has 0 bridgehead atoms. The number of aldehydes is 1. The van der Waals surface area contributed by atoms with Gasteiger partial charge in [-0.25, -0.2) is 0 Å². The smallest absolute Gasteiger partial charge is 0.241 e. The van der Waals surface area contributed by atoms with Crippen molar-refractivity contribution in [3.63, 3.8) is 0 Å². The van der Waals surface area contributed by atoms with E-state index in [0.29, 0.717) is 47.9 Å². The van der Waals surface area contributed by atoms with E-state index in [0.717, 1.165) is 30.4 Å². The number of hydrogen-bond donors (Lipinski definition) is 6. The summed E-state index contributed by atoms with van der Waals surface area (Å²) in [5, 5.41) is 23.1. The summed E-state index contributed by atoms with van der Waals surface area (Å²) in [6.45, 7) is 7.77. The largest absolute Gasteiger partial charge is 0.507 e. The standard InChI is InChI=1S/C29H43N5O4/c1-18-11-22(12-19(2)25(18)36)15-24(17-35)34-27(38)29(32,9-7-5-6-8-10-33-28(30)31)16-23-13-20(3)26(37)21(4)14-23/h11-14,17,24,36-37H,5-10,15-16,32H2,1-4H3,(H,34,38)(H4,30,31,33)/t24-,29-/m0/s1. The van der Waals surface area contributed by atoms with Crippen LogP contribution in [0.25, 0.3) is 0 Å². The Hall–Kier alpha value is -3.59. The minimum absolute atomic E-state index is 0.0736. The van der Waals surface area contributed by atoms with Gasteiger partial charge in [0.1, 0.15) is 17.8 Å². The van der Waals surface area contributed by atoms with Crippen LogP contribution < -0.4 is 22.5 Å². The van der Waals surface area contributed by atoms with E-state index in [-0.39, 0.29) is 30.3 Å². The van der Waals surface area contributed by atoms with Crippen LogP contribution in [0.4, 0.5) is 0 Å². The molecule has 0 fully saturated rings. The fourth-order valence-corrected chi connectivity index (χ4v) is 4.77. The Morgan fingerprint density at radius 3 is 1.92 bits per heavy atom. The Kier molecular flexibility index (Phi) is 11.1. The molecule has 38 heavy (non-hydrogen) atoms. The van der Waals surface area contributed by atoms with E-state index >= 15 is 0 Å². The first-order chi connectivity index (χ1) is 17.9. The first-order valence-corrected chi connectivity index (χ1v) is 13.0. The molecule has 0 heterocycles. The lowest BCUT2D eigenvalue weighted by Crippen LogP contribution is -2.58. The molecule has 0 saturated heterocycles. The molecule has 0 saturated carbocycles. The van der Waals surface area contributed by atoms with E-state index in [2.05, 4.69) is 10.3 Å². The van der Waals surface area contributed by atoms with Crippen molar-refractivity contribution >= 4 is 18.2 Å². The van der Waals surface area contributed by atoms with Crippen LogP contribution in [0.15, 0.2) is 29.3 Å². The number of nitrogens with two attached hydrogens (primary N) is 3. The zero-order chi connectivity index (χ0) is 28.5. The van der Waals surface area contributed by atoms with Gasteiger partial charge in [0.15, 0.2) is 5.96 Å². The second-order valence-electron chi connectivity index (χ2n) is 10.4. The molecule has 9 heteroatoms. The van der Waals surface area contributed by atoms with E-state index in [1.807, 2.05) is 38.1 Å². The van der Waals surface area contributed by atoms with E-state index in [9.17, 15) is 19.8 Å². The van der Waals surface area contributed by atoms with Crippen molar-refractivity contribution in [3.8, 4) is 11.5 Å². The normalized spacial score (nSPS) is 13.4. The topological polar surface area (TPSA) is 177 Å². The number of benzene rings is 2. The molecule has 9 N–H and O–H groups in total. The summed E-state index contributed by atoms with van der Waals surface area (Å²) in [5.74, 6) is 0.122. The zero-order valence-electron chi connectivity index (χ0n) is 23.0. The van der Waals surface area contributed by atoms with Gasteiger partial charge in [0.2, 0.25) is 5.91 Å². The summed E-state index contributed by atoms with van der Waals surface area (Å²) in [6, 6.07) is 6.53. The number of rotatable bonds is 14. The number of aliphatic imine (C=N–C) groups is 1. The van der Waals surface area contributed by atoms with E-state index in [4.69, 9.17) is 17.2 Å². The molecule has 2 atom stereocenters. The summed E-state index contributed by atoms with van der Waals surface area (Å²) in [6.07, 6.45) is 4.97. The summed E-state index contributed by atoms with van der Waals surface area (Å²) in [7, 11) is 0. The maximum absolute atomic E-state index is 13.6. The van der Waals surface area contributed by atoms with Gasteiger partial charge in [-0.15, -0.1) is 0 Å². The average Bonchev–Trinajstić information content (AvgIpc) is 2.84. The fourth-order valence-electron chi connectivity index (χ4n) is 4.77. The number of nitrogens with one attached hydrogen (secondary N) is 1. The SMILES string of the molecule is Cc1cc(C[C@@H](C=O)NC(=O)[C@](N)(CCCCCCN=C(N)N)Cc2cc(C)c(O)c(C)c2)cc(C)c1O. The molecular weight excluding hydrogens is 482 g/mol. The van der Waals surface area contributed by atoms with Crippen LogP contribution in [0.3, 0.4) is 0 Å². The van der Waals surface area contributed by atoms with Crippen molar-refractivity contribution < 1.29 is 19.8 Å². The van der Waals surface area contributed by atoms with E-state index in [1.54, 1.807) is 13.8 Å². The lowest BCUT2D eigenvalue weighted by atomic mass is 9.84. The Labute approximate surface area is 225 Å². The number of phenols is 2. The summed E-state index contributed by atoms with van der Waals surface area (Å²) in [4.78, 5) is 29.5. The molecular formula is C29H43N5O4. The summed E-state index contributed by atoms with van der Waals surface area (Å²) < 4.78 is 0. The van der Waals surface area contributed by atoms with Crippen LogP contribution in [0.5, 0.6) is 11.5 Å². The number of carbonyl (C=O) groups is 2. The zero-order valence-corrected chi connectivity index (χ0v) is 23.0. The Balaban J connectivity index is 2.18. The molecule has 0 spiro atoms. The number of amides is 1. The number of unbranched alkanes of at least 4 members (excludes halogenated alkanes) is 3. The number of hydrogen-bond acceptors (Lipinski definition) is 6. The molecule has 2 aromatic rings. The first kappa shape index (κ1) is 30.6. The van der Waals surface area contributed by atoms with Gasteiger partial charge in [0.05, 0.1) is 11.6 Å². The van der Waals surface area contributed by atoms with Crippen LogP contribution in [0.2, 0.25) is 0 Å².